The molecule has 0 bridgehead atoms. The van der Waals surface area contributed by atoms with Gasteiger partial charge in [0, 0.05) is 28.9 Å². The first kappa shape index (κ1) is 20.4. The third kappa shape index (κ3) is 4.83. The van der Waals surface area contributed by atoms with Crippen LogP contribution in [0.5, 0.6) is 0 Å². The number of hydrogen-bond acceptors (Lipinski definition) is 5. The van der Waals surface area contributed by atoms with Crippen LogP contribution in [0.4, 0.5) is 5.69 Å². The fourth-order valence-corrected chi connectivity index (χ4v) is 2.87. The molecule has 0 unspecified atom stereocenters. The molecule has 27 heavy (non-hydrogen) atoms. The number of carbonyl (C=O) groups is 3. The van der Waals surface area contributed by atoms with E-state index in [0.29, 0.717) is 34.5 Å². The van der Waals surface area contributed by atoms with Crippen LogP contribution in [-0.2, 0) is 9.53 Å². The number of H-pyrrole nitrogens is 1. The predicted octanol–water partition coefficient (Wildman–Crippen LogP) is 3.07. The lowest BCUT2D eigenvalue weighted by Gasteiger charge is -2.07. The number of nitrogens with one attached hydrogen (secondary N) is 2. The minimum atomic E-state index is -0.712. The number of ether oxygens (including phenoxy) is 1. The van der Waals surface area contributed by atoms with Crippen molar-refractivity contribution in [2.45, 2.75) is 40.2 Å². The van der Waals surface area contributed by atoms with E-state index in [1.54, 1.807) is 52.0 Å². The number of carbonyl (C=O) groups excluding carboxylic acids is 3. The lowest BCUT2D eigenvalue weighted by Crippen LogP contribution is -2.15. The summed E-state index contributed by atoms with van der Waals surface area (Å²) in [7, 11) is 0. The lowest BCUT2D eigenvalue weighted by molar-refractivity contribution is -0.115. The number of ketones is 1. The first-order valence-electron chi connectivity index (χ1n) is 8.71. The number of aliphatic hydroxyl groups excluding tert-OH is 1. The summed E-state index contributed by atoms with van der Waals surface area (Å²) in [5.41, 5.74) is 3.15. The monoisotopic (exact) mass is 372 g/mol. The first-order valence-corrected chi connectivity index (χ1v) is 8.71. The highest BCUT2D eigenvalue weighted by atomic mass is 16.5. The molecule has 0 saturated carbocycles. The Morgan fingerprint density at radius 3 is 2.33 bits per heavy atom. The molecule has 0 aliphatic rings. The molecule has 0 fully saturated rings. The van der Waals surface area contributed by atoms with Gasteiger partial charge in [-0.25, -0.2) is 4.79 Å². The largest absolute Gasteiger partial charge is 0.453 e. The number of hydrogen-bond donors (Lipinski definition) is 3. The van der Waals surface area contributed by atoms with Gasteiger partial charge in [0.2, 0.25) is 5.91 Å². The van der Waals surface area contributed by atoms with E-state index in [4.69, 9.17) is 4.74 Å². The van der Waals surface area contributed by atoms with Gasteiger partial charge in [-0.2, -0.15) is 0 Å². The molecule has 1 aromatic carbocycles. The van der Waals surface area contributed by atoms with Gasteiger partial charge >= 0.3 is 5.97 Å². The molecule has 0 radical (unpaired) electrons. The first-order chi connectivity index (χ1) is 12.7. The molecule has 2 rings (SSSR count). The fraction of sp³-hybridized carbons (Fsp3) is 0.350. The molecule has 0 aliphatic heterocycles. The number of esters is 1. The third-order valence-electron chi connectivity index (χ3n) is 4.26. The Kier molecular flexibility index (Phi) is 6.52. The van der Waals surface area contributed by atoms with Gasteiger partial charge < -0.3 is 20.1 Å². The van der Waals surface area contributed by atoms with E-state index in [-0.39, 0.29) is 17.4 Å². The van der Waals surface area contributed by atoms with Gasteiger partial charge in [-0.3, -0.25) is 9.59 Å². The highest BCUT2D eigenvalue weighted by Crippen LogP contribution is 2.24. The standard InChI is InChI=1S/C20H24N2O5/c1-5-17(25)22-15-8-6-14(7-9-15)16(24)10-27-20(26)19-11(2)18(13(4)23)12(3)21-19/h6-9,13,21,23H,5,10H2,1-4H3,(H,22,25)/t13-/m1/s1. The Morgan fingerprint density at radius 2 is 1.81 bits per heavy atom. The number of aryl methyl sites for hydroxylation is 1. The van der Waals surface area contributed by atoms with Crippen molar-refractivity contribution in [2.75, 3.05) is 11.9 Å². The van der Waals surface area contributed by atoms with E-state index in [9.17, 15) is 19.5 Å². The lowest BCUT2D eigenvalue weighted by atomic mass is 10.1. The Labute approximate surface area is 157 Å². The second-order valence-electron chi connectivity index (χ2n) is 6.32. The number of aliphatic hydroxyl groups is 1. The molecule has 7 heteroatoms. The van der Waals surface area contributed by atoms with Crippen molar-refractivity contribution < 1.29 is 24.2 Å². The number of Topliss-reactive ketones (excluding diaryl/α,β-unsaturated/α-hetero) is 1. The molecular weight excluding hydrogens is 348 g/mol. The van der Waals surface area contributed by atoms with Gasteiger partial charge in [-0.15, -0.1) is 0 Å². The summed E-state index contributed by atoms with van der Waals surface area (Å²) >= 11 is 0. The van der Waals surface area contributed by atoms with Crippen molar-refractivity contribution in [1.29, 1.82) is 0 Å². The molecule has 7 nitrogen and oxygen atoms in total. The summed E-state index contributed by atoms with van der Waals surface area (Å²) in [4.78, 5) is 38.7. The van der Waals surface area contributed by atoms with Crippen molar-refractivity contribution in [3.05, 3.63) is 52.3 Å². The maximum atomic E-state index is 12.3. The van der Waals surface area contributed by atoms with Crippen LogP contribution in [0.15, 0.2) is 24.3 Å². The normalized spacial score (nSPS) is 11.7. The highest BCUT2D eigenvalue weighted by Gasteiger charge is 2.21. The Bertz CT molecular complexity index is 850. The molecule has 1 heterocycles. The number of aromatic amines is 1. The molecular formula is C20H24N2O5. The van der Waals surface area contributed by atoms with Crippen LogP contribution in [-0.4, -0.2) is 34.4 Å². The number of rotatable bonds is 7. The quantitative estimate of drug-likeness (QED) is 0.511. The average Bonchev–Trinajstić information content (AvgIpc) is 2.94. The summed E-state index contributed by atoms with van der Waals surface area (Å²) in [6, 6.07) is 6.38. The molecule has 1 aromatic heterocycles. The van der Waals surface area contributed by atoms with Crippen molar-refractivity contribution >= 4 is 23.3 Å². The molecule has 0 spiro atoms. The Morgan fingerprint density at radius 1 is 1.19 bits per heavy atom. The van der Waals surface area contributed by atoms with Crippen molar-refractivity contribution in [2.24, 2.45) is 0 Å². The Hall–Kier alpha value is -2.93. The van der Waals surface area contributed by atoms with E-state index in [2.05, 4.69) is 10.3 Å². The van der Waals surface area contributed by atoms with E-state index in [1.807, 2.05) is 0 Å². The number of aromatic nitrogens is 1. The molecule has 1 amide bonds. The van der Waals surface area contributed by atoms with E-state index >= 15 is 0 Å². The second-order valence-corrected chi connectivity index (χ2v) is 6.32. The summed E-state index contributed by atoms with van der Waals surface area (Å²) < 4.78 is 5.11. The zero-order valence-corrected chi connectivity index (χ0v) is 15.9. The Balaban J connectivity index is 2.00. The number of benzene rings is 1. The molecule has 1 atom stereocenters. The van der Waals surface area contributed by atoms with Crippen molar-refractivity contribution in [1.82, 2.24) is 4.98 Å². The van der Waals surface area contributed by atoms with Crippen molar-refractivity contribution in [3.63, 3.8) is 0 Å². The average molecular weight is 372 g/mol. The van der Waals surface area contributed by atoms with Gasteiger partial charge in [0.25, 0.3) is 0 Å². The molecule has 144 valence electrons. The van der Waals surface area contributed by atoms with E-state index in [1.165, 1.54) is 0 Å². The van der Waals surface area contributed by atoms with Crippen LogP contribution < -0.4 is 5.32 Å². The molecule has 0 saturated heterocycles. The van der Waals surface area contributed by atoms with Crippen LogP contribution in [0.3, 0.4) is 0 Å². The highest BCUT2D eigenvalue weighted by molar-refractivity contribution is 6.00. The van der Waals surface area contributed by atoms with E-state index < -0.39 is 18.7 Å². The molecule has 3 N–H and O–H groups in total. The van der Waals surface area contributed by atoms with Crippen LogP contribution in [0.2, 0.25) is 0 Å². The van der Waals surface area contributed by atoms with Crippen LogP contribution >= 0.6 is 0 Å². The second kappa shape index (κ2) is 8.64. The number of amides is 1. The minimum Gasteiger partial charge on any atom is -0.453 e. The molecule has 0 aliphatic carbocycles. The third-order valence-corrected chi connectivity index (χ3v) is 4.26. The van der Waals surface area contributed by atoms with Gasteiger partial charge in [0.15, 0.2) is 12.4 Å². The maximum absolute atomic E-state index is 12.3. The summed E-state index contributed by atoms with van der Waals surface area (Å²) in [5, 5.41) is 12.5. The zero-order chi connectivity index (χ0) is 20.1. The summed E-state index contributed by atoms with van der Waals surface area (Å²) in [6.07, 6.45) is -0.346. The fourth-order valence-electron chi connectivity index (χ4n) is 2.87. The van der Waals surface area contributed by atoms with Crippen LogP contribution in [0.1, 0.15) is 64.0 Å². The summed E-state index contributed by atoms with van der Waals surface area (Å²) in [5.74, 6) is -1.12. The van der Waals surface area contributed by atoms with Gasteiger partial charge in [0.1, 0.15) is 5.69 Å². The minimum absolute atomic E-state index is 0.115. The van der Waals surface area contributed by atoms with Gasteiger partial charge in [-0.1, -0.05) is 6.92 Å². The smallest absolute Gasteiger partial charge is 0.355 e. The van der Waals surface area contributed by atoms with Gasteiger partial charge in [-0.05, 0) is 50.6 Å². The molecule has 2 aromatic rings. The zero-order valence-electron chi connectivity index (χ0n) is 15.9. The summed E-state index contributed by atoms with van der Waals surface area (Å²) in [6.45, 7) is 6.44. The predicted molar refractivity (Wildman–Crippen MR) is 101 cm³/mol. The van der Waals surface area contributed by atoms with E-state index in [0.717, 1.165) is 0 Å². The van der Waals surface area contributed by atoms with Gasteiger partial charge in [0.05, 0.1) is 6.10 Å². The van der Waals surface area contributed by atoms with Crippen LogP contribution in [0.25, 0.3) is 0 Å². The van der Waals surface area contributed by atoms with Crippen LogP contribution in [0, 0.1) is 13.8 Å². The number of anilines is 1. The topological polar surface area (TPSA) is 108 Å². The maximum Gasteiger partial charge on any atom is 0.355 e. The SMILES string of the molecule is CCC(=O)Nc1ccc(C(=O)COC(=O)c2[nH]c(C)c([C@@H](C)O)c2C)cc1. The van der Waals surface area contributed by atoms with Crippen molar-refractivity contribution in [3.8, 4) is 0 Å².